The van der Waals surface area contributed by atoms with Crippen LogP contribution in [0, 0.1) is 0 Å². The van der Waals surface area contributed by atoms with Crippen LogP contribution in [0.1, 0.15) is 40.7 Å². The minimum Gasteiger partial charge on any atom is -0.502 e. The molecule has 0 unspecified atom stereocenters. The van der Waals surface area contributed by atoms with Gasteiger partial charge in [0.2, 0.25) is 17.1 Å². The predicted octanol–water partition coefficient (Wildman–Crippen LogP) is 4.09. The second kappa shape index (κ2) is 9.91. The number of nitrogens with zero attached hydrogens (tertiary/aromatic N) is 1. The molecule has 0 saturated heterocycles. The average molecular weight is 489 g/mol. The van der Waals surface area contributed by atoms with E-state index in [0.717, 1.165) is 17.6 Å². The number of carbonyl (C=O) groups excluding carboxylic acids is 1. The molecule has 0 fully saturated rings. The molecule has 8 nitrogen and oxygen atoms in total. The van der Waals surface area contributed by atoms with E-state index in [2.05, 4.69) is 11.1 Å². The van der Waals surface area contributed by atoms with Crippen LogP contribution in [0.15, 0.2) is 63.8 Å². The predicted molar refractivity (Wildman–Crippen MR) is 134 cm³/mol. The van der Waals surface area contributed by atoms with E-state index in [1.54, 1.807) is 11.0 Å². The lowest BCUT2D eigenvalue weighted by Gasteiger charge is -2.29. The van der Waals surface area contributed by atoms with E-state index >= 15 is 0 Å². The molecule has 0 bridgehead atoms. The van der Waals surface area contributed by atoms with Gasteiger partial charge in [0.15, 0.2) is 5.76 Å². The molecule has 2 N–H and O–H groups in total. The van der Waals surface area contributed by atoms with Gasteiger partial charge in [-0.25, -0.2) is 0 Å². The van der Waals surface area contributed by atoms with E-state index in [4.69, 9.17) is 13.9 Å². The van der Waals surface area contributed by atoms with Crippen molar-refractivity contribution in [1.29, 1.82) is 0 Å². The number of hydrogen-bond acceptors (Lipinski definition) is 6. The summed E-state index contributed by atoms with van der Waals surface area (Å²) in [5.41, 5.74) is 3.39. The number of methoxy groups -OCH3 is 2. The molecule has 0 radical (unpaired) electrons. The van der Waals surface area contributed by atoms with Crippen molar-refractivity contribution < 1.29 is 23.8 Å². The van der Waals surface area contributed by atoms with Crippen molar-refractivity contribution in [1.82, 2.24) is 9.88 Å². The number of para-hydroxylation sites is 2. The molecule has 1 aliphatic rings. The minimum atomic E-state index is -0.734. The Hall–Kier alpha value is -4.04. The van der Waals surface area contributed by atoms with Gasteiger partial charge in [-0.1, -0.05) is 36.4 Å². The summed E-state index contributed by atoms with van der Waals surface area (Å²) in [6.45, 7) is 1.09. The molecule has 36 heavy (non-hydrogen) atoms. The number of benzene rings is 2. The zero-order chi connectivity index (χ0) is 25.2. The van der Waals surface area contributed by atoms with Crippen molar-refractivity contribution in [3.63, 3.8) is 0 Å². The normalized spacial score (nSPS) is 14.0. The fourth-order valence-electron chi connectivity index (χ4n) is 5.01. The van der Waals surface area contributed by atoms with E-state index in [1.165, 1.54) is 31.2 Å². The molecule has 2 aromatic carbocycles. The van der Waals surface area contributed by atoms with Gasteiger partial charge in [-0.3, -0.25) is 9.59 Å². The number of nitrogens with one attached hydrogen (secondary N) is 1. The molecular weight excluding hydrogens is 460 g/mol. The van der Waals surface area contributed by atoms with Crippen LogP contribution < -0.4 is 10.2 Å². The fourth-order valence-corrected chi connectivity index (χ4v) is 5.01. The lowest BCUT2D eigenvalue weighted by molar-refractivity contribution is -0.132. The summed E-state index contributed by atoms with van der Waals surface area (Å²) in [5.74, 6) is -0.545. The van der Waals surface area contributed by atoms with Crippen LogP contribution in [0.25, 0.3) is 10.9 Å². The van der Waals surface area contributed by atoms with Crippen molar-refractivity contribution in [2.75, 3.05) is 20.8 Å². The lowest BCUT2D eigenvalue weighted by Crippen LogP contribution is -2.36. The van der Waals surface area contributed by atoms with Gasteiger partial charge in [0.25, 0.3) is 0 Å². The zero-order valence-corrected chi connectivity index (χ0v) is 20.2. The van der Waals surface area contributed by atoms with Crippen molar-refractivity contribution in [3.05, 3.63) is 93.2 Å². The molecule has 0 aliphatic carbocycles. The topological polar surface area (TPSA) is 105 Å². The van der Waals surface area contributed by atoms with Crippen molar-refractivity contribution in [2.45, 2.75) is 31.9 Å². The number of carbonyl (C=O) groups is 1. The number of rotatable bonds is 7. The largest absolute Gasteiger partial charge is 0.502 e. The fraction of sp³-hybridized carbons (Fsp3) is 0.286. The highest BCUT2D eigenvalue weighted by Gasteiger charge is 2.31. The second-order valence-electron chi connectivity index (χ2n) is 8.91. The maximum Gasteiger partial charge on any atom is 0.227 e. The Morgan fingerprint density at radius 2 is 1.94 bits per heavy atom. The van der Waals surface area contributed by atoms with E-state index in [9.17, 15) is 14.7 Å². The zero-order valence-electron chi connectivity index (χ0n) is 20.2. The Morgan fingerprint density at radius 3 is 2.75 bits per heavy atom. The van der Waals surface area contributed by atoms with Gasteiger partial charge >= 0.3 is 0 Å². The number of aromatic amines is 1. The van der Waals surface area contributed by atoms with Crippen LogP contribution in [-0.2, 0) is 29.1 Å². The standard InChI is InChI=1S/C28H28N2O6/c1-34-16-17-13-24(31)27(33)28(36-17)21(20-8-4-6-10-25(20)35-2)14-26(32)30-12-11-19-18-7-3-5-9-22(18)29-23(19)15-30/h3-10,13,21,29,33H,11-12,14-16H2,1-2H3/t21-/m0/s1. The van der Waals surface area contributed by atoms with Crippen LogP contribution >= 0.6 is 0 Å². The van der Waals surface area contributed by atoms with Gasteiger partial charge in [0, 0.05) is 48.3 Å². The van der Waals surface area contributed by atoms with Crippen LogP contribution in [0.3, 0.4) is 0 Å². The first kappa shape index (κ1) is 23.7. The summed E-state index contributed by atoms with van der Waals surface area (Å²) in [6.07, 6.45) is 0.733. The Morgan fingerprint density at radius 1 is 1.17 bits per heavy atom. The first-order chi connectivity index (χ1) is 17.5. The monoisotopic (exact) mass is 488 g/mol. The number of amides is 1. The molecule has 8 heteroatoms. The summed E-state index contributed by atoms with van der Waals surface area (Å²) in [4.78, 5) is 31.4. The molecule has 1 amide bonds. The van der Waals surface area contributed by atoms with E-state index in [1.807, 2.05) is 36.4 Å². The van der Waals surface area contributed by atoms with Gasteiger partial charge in [0.1, 0.15) is 18.1 Å². The lowest BCUT2D eigenvalue weighted by atomic mass is 9.90. The van der Waals surface area contributed by atoms with Gasteiger partial charge in [0.05, 0.1) is 19.6 Å². The first-order valence-corrected chi connectivity index (χ1v) is 11.8. The summed E-state index contributed by atoms with van der Waals surface area (Å²) in [5, 5.41) is 11.9. The molecule has 3 heterocycles. The Labute approximate surface area is 208 Å². The average Bonchev–Trinajstić information content (AvgIpc) is 3.27. The highest BCUT2D eigenvalue weighted by Crippen LogP contribution is 2.38. The molecule has 1 atom stereocenters. The maximum absolute atomic E-state index is 13.6. The Balaban J connectivity index is 1.50. The highest BCUT2D eigenvalue weighted by atomic mass is 16.5. The molecule has 1 aliphatic heterocycles. The van der Waals surface area contributed by atoms with Gasteiger partial charge in [-0.2, -0.15) is 0 Å². The van der Waals surface area contributed by atoms with E-state index in [0.29, 0.717) is 24.4 Å². The third-order valence-electron chi connectivity index (χ3n) is 6.73. The van der Waals surface area contributed by atoms with Gasteiger partial charge < -0.3 is 28.9 Å². The van der Waals surface area contributed by atoms with Crippen molar-refractivity contribution >= 4 is 16.8 Å². The number of H-pyrrole nitrogens is 1. The number of ether oxygens (including phenoxy) is 2. The smallest absolute Gasteiger partial charge is 0.227 e. The molecule has 2 aromatic heterocycles. The van der Waals surface area contributed by atoms with Crippen LogP contribution in [0.5, 0.6) is 11.5 Å². The number of aromatic nitrogens is 1. The third kappa shape index (κ3) is 4.35. The maximum atomic E-state index is 13.6. The molecular formula is C28H28N2O6. The quantitative estimate of drug-likeness (QED) is 0.406. The first-order valence-electron chi connectivity index (χ1n) is 11.8. The van der Waals surface area contributed by atoms with Crippen LogP contribution in [0.4, 0.5) is 0 Å². The molecule has 5 rings (SSSR count). The Bertz CT molecular complexity index is 1470. The van der Waals surface area contributed by atoms with E-state index in [-0.39, 0.29) is 30.5 Å². The Kier molecular flexibility index (Phi) is 6.52. The second-order valence-corrected chi connectivity index (χ2v) is 8.91. The summed E-state index contributed by atoms with van der Waals surface area (Å²) in [6, 6.07) is 16.6. The minimum absolute atomic E-state index is 0.0110. The summed E-state index contributed by atoms with van der Waals surface area (Å²) >= 11 is 0. The van der Waals surface area contributed by atoms with Gasteiger partial charge in [-0.05, 0) is 24.1 Å². The third-order valence-corrected chi connectivity index (χ3v) is 6.73. The molecule has 0 spiro atoms. The number of hydrogen-bond donors (Lipinski definition) is 2. The molecule has 4 aromatic rings. The summed E-state index contributed by atoms with van der Waals surface area (Å²) < 4.78 is 16.6. The summed E-state index contributed by atoms with van der Waals surface area (Å²) in [7, 11) is 3.03. The van der Waals surface area contributed by atoms with Gasteiger partial charge in [-0.15, -0.1) is 0 Å². The molecule has 0 saturated carbocycles. The highest BCUT2D eigenvalue weighted by molar-refractivity contribution is 5.86. The van der Waals surface area contributed by atoms with E-state index < -0.39 is 17.1 Å². The van der Waals surface area contributed by atoms with Crippen molar-refractivity contribution in [3.8, 4) is 11.5 Å². The van der Waals surface area contributed by atoms with Crippen LogP contribution in [0.2, 0.25) is 0 Å². The molecule has 186 valence electrons. The van der Waals surface area contributed by atoms with Crippen LogP contribution in [-0.4, -0.2) is 41.7 Å². The number of fused-ring (bicyclic) bond motifs is 3. The number of aromatic hydroxyl groups is 1. The SMILES string of the molecule is COCc1cc(=O)c(O)c([C@@H](CC(=O)N2CCc3c([nH]c4ccccc34)C2)c2ccccc2OC)o1. The van der Waals surface area contributed by atoms with Crippen molar-refractivity contribution in [2.24, 2.45) is 0 Å².